The Morgan fingerprint density at radius 3 is 2.50 bits per heavy atom. The summed E-state index contributed by atoms with van der Waals surface area (Å²) in [4.78, 5) is 25.2. The highest BCUT2D eigenvalue weighted by Crippen LogP contribution is 2.27. The Balaban J connectivity index is 1.46. The van der Waals surface area contributed by atoms with Crippen LogP contribution in [0.4, 0.5) is 5.69 Å². The van der Waals surface area contributed by atoms with E-state index in [9.17, 15) is 14.7 Å². The molecule has 0 aromatic heterocycles. The van der Waals surface area contributed by atoms with E-state index in [0.717, 1.165) is 16.5 Å². The molecule has 0 aliphatic carbocycles. The number of benzene rings is 4. The maximum atomic E-state index is 12.8. The Hall–Kier alpha value is -4.16. The molecular weight excluding hydrogens is 450 g/mol. The molecule has 0 atom stereocenters. The number of aromatic hydroxyl groups is 1. The van der Waals surface area contributed by atoms with Gasteiger partial charge < -0.3 is 10.4 Å². The molecule has 0 unspecified atom stereocenters. The van der Waals surface area contributed by atoms with Crippen LogP contribution in [0.25, 0.3) is 10.8 Å². The number of halogens is 1. The molecule has 7 heteroatoms. The zero-order valence-corrected chi connectivity index (χ0v) is 19.1. The largest absolute Gasteiger partial charge is 0.507 e. The van der Waals surface area contributed by atoms with Gasteiger partial charge in [-0.05, 0) is 59.2 Å². The van der Waals surface area contributed by atoms with Gasteiger partial charge >= 0.3 is 0 Å². The molecule has 0 spiro atoms. The molecule has 0 saturated carbocycles. The van der Waals surface area contributed by atoms with E-state index >= 15 is 0 Å². The summed E-state index contributed by atoms with van der Waals surface area (Å²) in [6.45, 7) is 1.75. The molecule has 6 nitrogen and oxygen atoms in total. The Kier molecular flexibility index (Phi) is 6.90. The van der Waals surface area contributed by atoms with Gasteiger partial charge in [0.2, 0.25) is 5.91 Å². The van der Waals surface area contributed by atoms with Gasteiger partial charge in [0.1, 0.15) is 5.75 Å². The molecule has 0 fully saturated rings. The van der Waals surface area contributed by atoms with Crippen LogP contribution in [0.3, 0.4) is 0 Å². The fourth-order valence-electron chi connectivity index (χ4n) is 3.57. The van der Waals surface area contributed by atoms with Crippen LogP contribution in [0.2, 0.25) is 5.02 Å². The highest BCUT2D eigenvalue weighted by atomic mass is 35.5. The Morgan fingerprint density at radius 2 is 1.71 bits per heavy atom. The van der Waals surface area contributed by atoms with Crippen molar-refractivity contribution in [2.24, 2.45) is 5.10 Å². The summed E-state index contributed by atoms with van der Waals surface area (Å²) in [5.41, 5.74) is 5.43. The molecule has 0 aliphatic rings. The molecule has 0 heterocycles. The zero-order chi connectivity index (χ0) is 24.1. The van der Waals surface area contributed by atoms with Crippen LogP contribution in [0.1, 0.15) is 28.4 Å². The summed E-state index contributed by atoms with van der Waals surface area (Å²) in [5.74, 6) is -0.788. The monoisotopic (exact) mass is 471 g/mol. The van der Waals surface area contributed by atoms with Gasteiger partial charge in [-0.25, -0.2) is 5.43 Å². The van der Waals surface area contributed by atoms with Gasteiger partial charge in [0.05, 0.1) is 17.7 Å². The van der Waals surface area contributed by atoms with Crippen LogP contribution >= 0.6 is 11.6 Å². The van der Waals surface area contributed by atoms with Crippen molar-refractivity contribution in [3.63, 3.8) is 0 Å². The average molecular weight is 472 g/mol. The number of rotatable bonds is 6. The molecule has 34 heavy (non-hydrogen) atoms. The van der Waals surface area contributed by atoms with E-state index in [-0.39, 0.29) is 23.6 Å². The number of fused-ring (bicyclic) bond motifs is 1. The van der Waals surface area contributed by atoms with Crippen LogP contribution in [-0.2, 0) is 11.2 Å². The zero-order valence-electron chi connectivity index (χ0n) is 18.4. The second-order valence-electron chi connectivity index (χ2n) is 7.75. The standard InChI is InChI=1S/C27H22ClN3O3/c1-17(30-31-27(34)26-23-8-3-2-5-19(23)11-14-24(26)32)20-6-4-7-22(16-20)29-25(33)15-18-9-12-21(28)13-10-18/h2-14,16,32H,15H2,1H3,(H,29,33)(H,31,34)/b30-17-. The Labute approximate surface area is 201 Å². The lowest BCUT2D eigenvalue weighted by atomic mass is 10.0. The number of carbonyl (C=O) groups is 2. The molecule has 4 rings (SSSR count). The lowest BCUT2D eigenvalue weighted by Gasteiger charge is -2.09. The van der Waals surface area contributed by atoms with E-state index in [1.807, 2.05) is 30.3 Å². The number of hydrogen-bond donors (Lipinski definition) is 3. The fraction of sp³-hybridized carbons (Fsp3) is 0.0741. The predicted octanol–water partition coefficient (Wildman–Crippen LogP) is 5.53. The Bertz CT molecular complexity index is 1400. The first-order valence-electron chi connectivity index (χ1n) is 10.6. The number of carbonyl (C=O) groups excluding carboxylic acids is 2. The van der Waals surface area contributed by atoms with Crippen LogP contribution < -0.4 is 10.7 Å². The van der Waals surface area contributed by atoms with Crippen molar-refractivity contribution in [2.75, 3.05) is 5.32 Å². The van der Waals surface area contributed by atoms with E-state index in [0.29, 0.717) is 21.8 Å². The number of phenolic OH excluding ortho intramolecular Hbond substituents is 1. The van der Waals surface area contributed by atoms with Crippen molar-refractivity contribution in [2.45, 2.75) is 13.3 Å². The van der Waals surface area contributed by atoms with Gasteiger partial charge in [-0.15, -0.1) is 0 Å². The third-order valence-corrected chi connectivity index (χ3v) is 5.55. The van der Waals surface area contributed by atoms with Gasteiger partial charge in [-0.3, -0.25) is 9.59 Å². The third-order valence-electron chi connectivity index (χ3n) is 5.30. The van der Waals surface area contributed by atoms with E-state index in [4.69, 9.17) is 11.6 Å². The number of nitrogens with zero attached hydrogens (tertiary/aromatic N) is 1. The van der Waals surface area contributed by atoms with E-state index < -0.39 is 5.91 Å². The van der Waals surface area contributed by atoms with Crippen LogP contribution in [-0.4, -0.2) is 22.6 Å². The number of amides is 2. The number of hydrazone groups is 1. The predicted molar refractivity (Wildman–Crippen MR) is 136 cm³/mol. The minimum atomic E-state index is -0.513. The fourth-order valence-corrected chi connectivity index (χ4v) is 3.69. The molecule has 0 aliphatic heterocycles. The lowest BCUT2D eigenvalue weighted by Crippen LogP contribution is -2.20. The van der Waals surface area contributed by atoms with Crippen molar-refractivity contribution in [1.82, 2.24) is 5.43 Å². The van der Waals surface area contributed by atoms with E-state index in [1.165, 1.54) is 6.07 Å². The summed E-state index contributed by atoms with van der Waals surface area (Å²) >= 11 is 5.89. The lowest BCUT2D eigenvalue weighted by molar-refractivity contribution is -0.115. The van der Waals surface area contributed by atoms with Crippen LogP contribution in [0.15, 0.2) is 90.0 Å². The van der Waals surface area contributed by atoms with E-state index in [1.54, 1.807) is 55.5 Å². The first-order chi connectivity index (χ1) is 16.4. The highest BCUT2D eigenvalue weighted by Gasteiger charge is 2.15. The number of hydrogen-bond acceptors (Lipinski definition) is 4. The van der Waals surface area contributed by atoms with Gasteiger partial charge in [0.25, 0.3) is 5.91 Å². The summed E-state index contributed by atoms with van der Waals surface area (Å²) in [6.07, 6.45) is 0.221. The molecule has 3 N–H and O–H groups in total. The second-order valence-corrected chi connectivity index (χ2v) is 8.19. The molecule has 0 radical (unpaired) electrons. The minimum Gasteiger partial charge on any atom is -0.507 e. The first-order valence-corrected chi connectivity index (χ1v) is 11.0. The third kappa shape index (κ3) is 5.42. The summed E-state index contributed by atoms with van der Waals surface area (Å²) in [7, 11) is 0. The molecule has 2 amide bonds. The average Bonchev–Trinajstić information content (AvgIpc) is 2.84. The second kappa shape index (κ2) is 10.2. The molecule has 4 aromatic carbocycles. The van der Waals surface area contributed by atoms with E-state index in [2.05, 4.69) is 15.8 Å². The molecule has 0 bridgehead atoms. The summed E-state index contributed by atoms with van der Waals surface area (Å²) < 4.78 is 0. The Morgan fingerprint density at radius 1 is 0.941 bits per heavy atom. The first kappa shape index (κ1) is 23.0. The van der Waals surface area contributed by atoms with Gasteiger partial charge in [0.15, 0.2) is 0 Å². The topological polar surface area (TPSA) is 90.8 Å². The summed E-state index contributed by atoms with van der Waals surface area (Å²) in [5, 5.41) is 19.4. The van der Waals surface area contributed by atoms with Crippen molar-refractivity contribution < 1.29 is 14.7 Å². The summed E-state index contributed by atoms with van der Waals surface area (Å²) in [6, 6.07) is 24.9. The molecule has 0 saturated heterocycles. The highest BCUT2D eigenvalue weighted by molar-refractivity contribution is 6.30. The molecular formula is C27H22ClN3O3. The maximum Gasteiger partial charge on any atom is 0.275 e. The smallest absolute Gasteiger partial charge is 0.275 e. The van der Waals surface area contributed by atoms with Gasteiger partial charge in [0, 0.05) is 10.7 Å². The van der Waals surface area contributed by atoms with Crippen molar-refractivity contribution in [1.29, 1.82) is 0 Å². The van der Waals surface area contributed by atoms with Crippen molar-refractivity contribution >= 4 is 45.6 Å². The SMILES string of the molecule is C/C(=N/NC(=O)c1c(O)ccc2ccccc12)c1cccc(NC(=O)Cc2ccc(Cl)cc2)c1. The quantitative estimate of drug-likeness (QED) is 0.255. The molecule has 4 aromatic rings. The van der Waals surface area contributed by atoms with Crippen LogP contribution in [0.5, 0.6) is 5.75 Å². The van der Waals surface area contributed by atoms with Crippen LogP contribution in [0, 0.1) is 0 Å². The van der Waals surface area contributed by atoms with Crippen molar-refractivity contribution in [3.8, 4) is 5.75 Å². The normalized spacial score (nSPS) is 11.3. The minimum absolute atomic E-state index is 0.116. The number of nitrogens with one attached hydrogen (secondary N) is 2. The van der Waals surface area contributed by atoms with Gasteiger partial charge in [-0.1, -0.05) is 66.2 Å². The molecule has 170 valence electrons. The number of phenols is 1. The van der Waals surface area contributed by atoms with Gasteiger partial charge in [-0.2, -0.15) is 5.10 Å². The maximum absolute atomic E-state index is 12.8. The number of anilines is 1. The van der Waals surface area contributed by atoms with Crippen molar-refractivity contribution in [3.05, 3.63) is 107 Å².